The Labute approximate surface area is 233 Å². The molecule has 0 saturated heterocycles. The molecule has 0 N–H and O–H groups in total. The molecule has 0 amide bonds. The predicted molar refractivity (Wildman–Crippen MR) is 157 cm³/mol. The van der Waals surface area contributed by atoms with E-state index in [1.807, 2.05) is 0 Å². The van der Waals surface area contributed by atoms with Crippen molar-refractivity contribution >= 4 is 14.3 Å². The van der Waals surface area contributed by atoms with Crippen LogP contribution in [-0.4, -0.2) is 27.0 Å². The number of unbranched alkanes of at least 4 members (excludes halogenated alkanes) is 1. The first-order valence-electron chi connectivity index (χ1n) is 15.6. The van der Waals surface area contributed by atoms with E-state index in [2.05, 4.69) is 60.7 Å². The summed E-state index contributed by atoms with van der Waals surface area (Å²) in [6, 6.07) is 0. The summed E-state index contributed by atoms with van der Waals surface area (Å²) in [5, 5.41) is 0.226. The molecule has 0 aromatic carbocycles. The number of carbonyl (C=O) groups is 1. The van der Waals surface area contributed by atoms with Crippen molar-refractivity contribution in [1.29, 1.82) is 0 Å². The molecule has 3 nitrogen and oxygen atoms in total. The van der Waals surface area contributed by atoms with Crippen LogP contribution < -0.4 is 0 Å². The summed E-state index contributed by atoms with van der Waals surface area (Å²) in [5.41, 5.74) is 2.39. The fourth-order valence-electron chi connectivity index (χ4n) is 8.69. The maximum Gasteiger partial charge on any atom is 0.367 e. The van der Waals surface area contributed by atoms with Crippen LogP contribution in [0.5, 0.6) is 0 Å². The molecule has 1 unspecified atom stereocenters. The third-order valence-electron chi connectivity index (χ3n) is 11.9. The monoisotopic (exact) mass is 546 g/mol. The van der Waals surface area contributed by atoms with E-state index < -0.39 is 20.1 Å². The van der Waals surface area contributed by atoms with Crippen LogP contribution in [0.2, 0.25) is 18.1 Å². The second-order valence-corrected chi connectivity index (χ2v) is 19.7. The molecular formula is C33H55FO3Si. The van der Waals surface area contributed by atoms with E-state index in [9.17, 15) is 4.79 Å². The highest BCUT2D eigenvalue weighted by Gasteiger charge is 2.60. The van der Waals surface area contributed by atoms with Gasteiger partial charge >= 0.3 is 5.97 Å². The van der Waals surface area contributed by atoms with E-state index in [0.29, 0.717) is 36.2 Å². The summed E-state index contributed by atoms with van der Waals surface area (Å²) in [6.07, 6.45) is 13.9. The van der Waals surface area contributed by atoms with Crippen LogP contribution in [0, 0.1) is 34.5 Å². The van der Waals surface area contributed by atoms with Gasteiger partial charge in [-0.25, -0.2) is 4.79 Å². The fraction of sp³-hybridized carbons (Fsp3) is 0.848. The molecule has 4 aliphatic rings. The van der Waals surface area contributed by atoms with E-state index in [-0.39, 0.29) is 22.5 Å². The molecule has 0 aromatic heterocycles. The number of hydrogen-bond donors (Lipinski definition) is 0. The largest absolute Gasteiger partial charge is 0.461 e. The maximum absolute atomic E-state index is 15.4. The van der Waals surface area contributed by atoms with Gasteiger partial charge in [0, 0.05) is 6.10 Å². The maximum atomic E-state index is 15.4. The number of carbonyl (C=O) groups excluding carboxylic acids is 1. The van der Waals surface area contributed by atoms with Crippen molar-refractivity contribution in [2.75, 3.05) is 6.61 Å². The standard InChI is InChI=1S/C33H55FO3Si/c1-10-12-13-22-20-23-21-24(37-38(8,9)31(3,4)5)16-18-32(23,6)26-17-19-33(7)25(28(22)26)14-15-27(33)29(34)30(35)36-11-2/h20,22,24-26,28H,10-19,21H2,1-9H3/t22-,24?,25+,26+,28+,32+,33+/m1/s1. The zero-order valence-electron chi connectivity index (χ0n) is 25.8. The highest BCUT2D eigenvalue weighted by atomic mass is 28.4. The van der Waals surface area contributed by atoms with Crippen molar-refractivity contribution in [3.05, 3.63) is 23.0 Å². The van der Waals surface area contributed by atoms with Gasteiger partial charge in [-0.05, 0) is 116 Å². The summed E-state index contributed by atoms with van der Waals surface area (Å²) in [4.78, 5) is 12.4. The second kappa shape index (κ2) is 10.8. The average molecular weight is 547 g/mol. The molecule has 216 valence electrons. The molecule has 0 spiro atoms. The van der Waals surface area contributed by atoms with E-state index in [1.165, 1.54) is 25.7 Å². The average Bonchev–Trinajstić information content (AvgIpc) is 3.19. The Morgan fingerprint density at radius 1 is 1.08 bits per heavy atom. The van der Waals surface area contributed by atoms with Gasteiger partial charge in [-0.1, -0.05) is 66.0 Å². The third-order valence-corrected chi connectivity index (χ3v) is 16.4. The van der Waals surface area contributed by atoms with Gasteiger partial charge < -0.3 is 9.16 Å². The Morgan fingerprint density at radius 3 is 2.37 bits per heavy atom. The van der Waals surface area contributed by atoms with Gasteiger partial charge in [0.1, 0.15) is 0 Å². The lowest BCUT2D eigenvalue weighted by molar-refractivity contribution is -0.140. The normalized spacial score (nSPS) is 38.6. The molecule has 7 atom stereocenters. The van der Waals surface area contributed by atoms with E-state index in [4.69, 9.17) is 9.16 Å². The van der Waals surface area contributed by atoms with E-state index in [1.54, 1.807) is 12.5 Å². The zero-order chi connectivity index (χ0) is 28.1. The Balaban J connectivity index is 1.66. The minimum Gasteiger partial charge on any atom is -0.461 e. The molecule has 3 fully saturated rings. The first-order valence-corrected chi connectivity index (χ1v) is 18.6. The summed E-state index contributed by atoms with van der Waals surface area (Å²) < 4.78 is 27.5. The SMILES string of the molecule is CCCC[C@@H]1C=C2CC(O[Si](C)(C)C(C)(C)C)CC[C@]2(C)[C@H]2CC[C@]3(C)C(=C(F)C(=O)OCC)CC[C@H]3[C@H]12. The van der Waals surface area contributed by atoms with Crippen molar-refractivity contribution in [3.63, 3.8) is 0 Å². The van der Waals surface area contributed by atoms with E-state index >= 15 is 4.39 Å². The van der Waals surface area contributed by atoms with Crippen LogP contribution in [0.15, 0.2) is 23.0 Å². The van der Waals surface area contributed by atoms with Gasteiger partial charge in [-0.3, -0.25) is 0 Å². The topological polar surface area (TPSA) is 35.5 Å². The predicted octanol–water partition coefficient (Wildman–Crippen LogP) is 9.54. The second-order valence-electron chi connectivity index (χ2n) is 15.0. The molecule has 38 heavy (non-hydrogen) atoms. The van der Waals surface area contributed by atoms with Crippen molar-refractivity contribution < 1.29 is 18.3 Å². The van der Waals surface area contributed by atoms with Gasteiger partial charge in [0.2, 0.25) is 5.83 Å². The van der Waals surface area contributed by atoms with E-state index in [0.717, 1.165) is 37.7 Å². The molecule has 4 aliphatic carbocycles. The van der Waals surface area contributed by atoms with Crippen LogP contribution in [0.4, 0.5) is 4.39 Å². The number of ether oxygens (including phenoxy) is 1. The highest BCUT2D eigenvalue weighted by molar-refractivity contribution is 6.74. The molecule has 0 bridgehead atoms. The van der Waals surface area contributed by atoms with Gasteiger partial charge in [-0.15, -0.1) is 0 Å². The summed E-state index contributed by atoms with van der Waals surface area (Å²) >= 11 is 0. The lowest BCUT2D eigenvalue weighted by atomic mass is 9.45. The number of halogens is 1. The molecule has 5 heteroatoms. The number of rotatable bonds is 7. The van der Waals surface area contributed by atoms with Crippen molar-refractivity contribution in [1.82, 2.24) is 0 Å². The summed E-state index contributed by atoms with van der Waals surface area (Å²) in [5.74, 6) is 0.841. The summed E-state index contributed by atoms with van der Waals surface area (Å²) in [7, 11) is -1.81. The van der Waals surface area contributed by atoms with Crippen LogP contribution >= 0.6 is 0 Å². The smallest absolute Gasteiger partial charge is 0.367 e. The number of fused-ring (bicyclic) bond motifs is 5. The molecule has 0 aliphatic heterocycles. The Morgan fingerprint density at radius 2 is 1.74 bits per heavy atom. The first-order chi connectivity index (χ1) is 17.7. The molecule has 4 rings (SSSR count). The van der Waals surface area contributed by atoms with Crippen LogP contribution in [0.25, 0.3) is 0 Å². The number of esters is 1. The number of allylic oxidation sites excluding steroid dienone is 2. The Bertz CT molecular complexity index is 962. The van der Waals surface area contributed by atoms with Gasteiger partial charge in [0.15, 0.2) is 8.32 Å². The lowest BCUT2D eigenvalue weighted by Gasteiger charge is -2.60. The number of hydrogen-bond acceptors (Lipinski definition) is 3. The Kier molecular flexibility index (Phi) is 8.53. The van der Waals surface area contributed by atoms with Gasteiger partial charge in [0.25, 0.3) is 0 Å². The quantitative estimate of drug-likeness (QED) is 0.138. The molecule has 0 aromatic rings. The van der Waals surface area contributed by atoms with Crippen LogP contribution in [0.1, 0.15) is 113 Å². The molecular weight excluding hydrogens is 491 g/mol. The van der Waals surface area contributed by atoms with Crippen molar-refractivity contribution in [3.8, 4) is 0 Å². The van der Waals surface area contributed by atoms with Crippen LogP contribution in [0.3, 0.4) is 0 Å². The van der Waals surface area contributed by atoms with Crippen molar-refractivity contribution in [2.24, 2.45) is 34.5 Å². The fourth-order valence-corrected chi connectivity index (χ4v) is 10.1. The molecule has 0 radical (unpaired) electrons. The minimum absolute atomic E-state index is 0.216. The van der Waals surface area contributed by atoms with Crippen molar-refractivity contribution in [2.45, 2.75) is 137 Å². The first kappa shape index (κ1) is 30.0. The van der Waals surface area contributed by atoms with Gasteiger partial charge in [-0.2, -0.15) is 4.39 Å². The zero-order valence-corrected chi connectivity index (χ0v) is 26.8. The lowest BCUT2D eigenvalue weighted by Crippen LogP contribution is -2.53. The van der Waals surface area contributed by atoms with Gasteiger partial charge in [0.05, 0.1) is 6.61 Å². The molecule has 3 saturated carbocycles. The third kappa shape index (κ3) is 5.13. The van der Waals surface area contributed by atoms with Crippen LogP contribution in [-0.2, 0) is 14.0 Å². The summed E-state index contributed by atoms with van der Waals surface area (Å²) in [6.45, 7) is 20.9. The molecule has 0 heterocycles. The Hall–Kier alpha value is -0.943. The minimum atomic E-state index is -1.81. The highest BCUT2D eigenvalue weighted by Crippen LogP contribution is 2.68.